The van der Waals surface area contributed by atoms with Gasteiger partial charge in [0.2, 0.25) is 0 Å². The van der Waals surface area contributed by atoms with Crippen molar-refractivity contribution in [1.29, 1.82) is 0 Å². The number of ketones is 1. The number of fused-ring (bicyclic) bond motifs is 4. The van der Waals surface area contributed by atoms with Gasteiger partial charge in [-0.25, -0.2) is 0 Å². The Labute approximate surface area is 186 Å². The zero-order valence-corrected chi connectivity index (χ0v) is 18.3. The van der Waals surface area contributed by atoms with Gasteiger partial charge < -0.3 is 0 Å². The number of nitro benzene ring substituents is 1. The van der Waals surface area contributed by atoms with Crippen molar-refractivity contribution in [2.24, 2.45) is 5.92 Å². The van der Waals surface area contributed by atoms with E-state index >= 15 is 0 Å². The Hall–Kier alpha value is -3.53. The van der Waals surface area contributed by atoms with Crippen molar-refractivity contribution in [3.63, 3.8) is 0 Å². The molecule has 0 amide bonds. The quantitative estimate of drug-likeness (QED) is 0.345. The molecule has 1 unspecified atom stereocenters. The van der Waals surface area contributed by atoms with Crippen molar-refractivity contribution >= 4 is 23.1 Å². The maximum absolute atomic E-state index is 13.5. The fraction of sp³-hybridized carbons (Fsp3) is 0.250. The summed E-state index contributed by atoms with van der Waals surface area (Å²) in [6, 6.07) is 18.8. The average Bonchev–Trinajstić information content (AvgIpc) is 2.82. The summed E-state index contributed by atoms with van der Waals surface area (Å²) in [5.74, 6) is 0.865. The first-order valence-corrected chi connectivity index (χ1v) is 11.2. The van der Waals surface area contributed by atoms with Crippen molar-refractivity contribution in [2.75, 3.05) is 0 Å². The molecule has 0 saturated heterocycles. The van der Waals surface area contributed by atoms with E-state index in [0.717, 1.165) is 30.1 Å². The van der Waals surface area contributed by atoms with E-state index in [-0.39, 0.29) is 11.5 Å². The van der Waals surface area contributed by atoms with E-state index in [1.165, 1.54) is 38.9 Å². The number of benzene rings is 3. The van der Waals surface area contributed by atoms with Gasteiger partial charge in [0.15, 0.2) is 5.78 Å². The Morgan fingerprint density at radius 3 is 2.41 bits per heavy atom. The number of rotatable bonds is 4. The molecule has 2 aliphatic rings. The molecule has 3 aromatic rings. The molecule has 1 atom stereocenters. The predicted octanol–water partition coefficient (Wildman–Crippen LogP) is 4.79. The molecule has 160 valence electrons. The number of nitrogens with zero attached hydrogens (tertiary/aromatic N) is 1. The van der Waals surface area contributed by atoms with E-state index in [1.807, 2.05) is 0 Å². The summed E-state index contributed by atoms with van der Waals surface area (Å²) in [6.07, 6.45) is 4.83. The maximum atomic E-state index is 13.5. The van der Waals surface area contributed by atoms with Gasteiger partial charge in [0.1, 0.15) is 0 Å². The van der Waals surface area contributed by atoms with Crippen molar-refractivity contribution in [3.05, 3.63) is 108 Å². The molecule has 0 fully saturated rings. The minimum Gasteiger partial charge on any atom is -0.289 e. The third kappa shape index (κ3) is 3.27. The van der Waals surface area contributed by atoms with Crippen LogP contribution in [0.1, 0.15) is 54.1 Å². The number of carbonyl (C=O) groups is 1. The van der Waals surface area contributed by atoms with Gasteiger partial charge in [-0.2, -0.15) is 0 Å². The smallest absolute Gasteiger partial charge is 0.269 e. The zero-order valence-electron chi connectivity index (χ0n) is 18.3. The van der Waals surface area contributed by atoms with Crippen LogP contribution in [0.2, 0.25) is 0 Å². The molecule has 5 rings (SSSR count). The average molecular weight is 424 g/mol. The summed E-state index contributed by atoms with van der Waals surface area (Å²) < 4.78 is 0. The van der Waals surface area contributed by atoms with Crippen LogP contribution < -0.4 is 10.4 Å². The number of hydrogen-bond donors (Lipinski definition) is 0. The summed E-state index contributed by atoms with van der Waals surface area (Å²) in [4.78, 5) is 24.0. The highest BCUT2D eigenvalue weighted by molar-refractivity contribution is 6.24. The lowest BCUT2D eigenvalue weighted by Crippen LogP contribution is -2.30. The SMILES string of the molecule is CC(C)C1CCC(C(=O)c2ccc([N+](=O)[O-])cc2)=c2ccc3c(c21)CC=c1ccccc1=3. The Morgan fingerprint density at radius 2 is 1.69 bits per heavy atom. The van der Waals surface area contributed by atoms with E-state index < -0.39 is 4.92 Å². The monoisotopic (exact) mass is 423 g/mol. The summed E-state index contributed by atoms with van der Waals surface area (Å²) in [5, 5.41) is 15.8. The van der Waals surface area contributed by atoms with Crippen LogP contribution in [0, 0.1) is 26.5 Å². The third-order valence-corrected chi connectivity index (χ3v) is 6.95. The van der Waals surface area contributed by atoms with Crippen LogP contribution in [0.4, 0.5) is 5.69 Å². The number of Topliss-reactive ketones (excluding diaryl/α,β-unsaturated/α-hetero) is 1. The highest BCUT2D eigenvalue weighted by atomic mass is 16.6. The fourth-order valence-electron chi connectivity index (χ4n) is 5.35. The van der Waals surface area contributed by atoms with Crippen molar-refractivity contribution in [2.45, 2.75) is 39.0 Å². The third-order valence-electron chi connectivity index (χ3n) is 6.95. The topological polar surface area (TPSA) is 60.2 Å². The zero-order chi connectivity index (χ0) is 22.4. The van der Waals surface area contributed by atoms with Crippen molar-refractivity contribution in [1.82, 2.24) is 0 Å². The molecule has 0 aromatic heterocycles. The first kappa shape index (κ1) is 20.4. The largest absolute Gasteiger partial charge is 0.289 e. The molecular formula is C28H25NO3. The lowest BCUT2D eigenvalue weighted by molar-refractivity contribution is -0.384. The van der Waals surface area contributed by atoms with Crippen LogP contribution in [0.3, 0.4) is 0 Å². The predicted molar refractivity (Wildman–Crippen MR) is 126 cm³/mol. The normalized spacial score (nSPS) is 16.6. The van der Waals surface area contributed by atoms with Crippen LogP contribution >= 0.6 is 0 Å². The van der Waals surface area contributed by atoms with Gasteiger partial charge in [0, 0.05) is 23.3 Å². The summed E-state index contributed by atoms with van der Waals surface area (Å²) >= 11 is 0. The Balaban J connectivity index is 1.76. The van der Waals surface area contributed by atoms with Gasteiger partial charge in [0.05, 0.1) is 4.92 Å². The highest BCUT2D eigenvalue weighted by Gasteiger charge is 2.29. The molecular weight excluding hydrogens is 398 g/mol. The fourth-order valence-corrected chi connectivity index (χ4v) is 5.35. The van der Waals surface area contributed by atoms with Gasteiger partial charge in [-0.05, 0) is 75.2 Å². The van der Waals surface area contributed by atoms with E-state index in [4.69, 9.17) is 0 Å². The molecule has 0 bridgehead atoms. The number of nitro groups is 1. The molecule has 3 aromatic carbocycles. The molecule has 0 N–H and O–H groups in total. The number of carbonyl (C=O) groups excluding carboxylic acids is 1. The first-order valence-electron chi connectivity index (χ1n) is 11.2. The molecule has 0 saturated carbocycles. The summed E-state index contributed by atoms with van der Waals surface area (Å²) in [5.41, 5.74) is 3.99. The van der Waals surface area contributed by atoms with Crippen molar-refractivity contribution < 1.29 is 9.72 Å². The Morgan fingerprint density at radius 1 is 0.969 bits per heavy atom. The Kier molecular flexibility index (Phi) is 5.01. The lowest BCUT2D eigenvalue weighted by atomic mass is 9.73. The maximum Gasteiger partial charge on any atom is 0.269 e. The molecule has 32 heavy (non-hydrogen) atoms. The summed E-state index contributed by atoms with van der Waals surface area (Å²) in [7, 11) is 0. The van der Waals surface area contributed by atoms with Gasteiger partial charge in [-0.15, -0.1) is 0 Å². The molecule has 0 aliphatic heterocycles. The van der Waals surface area contributed by atoms with Crippen LogP contribution in [0.5, 0.6) is 0 Å². The second kappa shape index (κ2) is 7.86. The van der Waals surface area contributed by atoms with E-state index in [1.54, 1.807) is 12.1 Å². The molecule has 2 aliphatic carbocycles. The van der Waals surface area contributed by atoms with E-state index in [9.17, 15) is 14.9 Å². The molecule has 4 heteroatoms. The molecule has 0 heterocycles. The van der Waals surface area contributed by atoms with Gasteiger partial charge in [-0.3, -0.25) is 14.9 Å². The van der Waals surface area contributed by atoms with Gasteiger partial charge in [0.25, 0.3) is 5.69 Å². The molecule has 0 spiro atoms. The first-order chi connectivity index (χ1) is 15.5. The van der Waals surface area contributed by atoms with Crippen LogP contribution in [-0.4, -0.2) is 10.7 Å². The van der Waals surface area contributed by atoms with Crippen LogP contribution in [0.25, 0.3) is 11.6 Å². The number of hydrogen-bond acceptors (Lipinski definition) is 3. The van der Waals surface area contributed by atoms with Crippen LogP contribution in [-0.2, 0) is 6.42 Å². The van der Waals surface area contributed by atoms with Gasteiger partial charge >= 0.3 is 0 Å². The second-order valence-electron chi connectivity index (χ2n) is 9.05. The van der Waals surface area contributed by atoms with E-state index in [0.29, 0.717) is 17.4 Å². The van der Waals surface area contributed by atoms with Crippen molar-refractivity contribution in [3.8, 4) is 0 Å². The highest BCUT2D eigenvalue weighted by Crippen LogP contribution is 2.36. The van der Waals surface area contributed by atoms with Gasteiger partial charge in [-0.1, -0.05) is 56.3 Å². The standard InChI is InChI=1S/C28H25NO3/c1-17(2)21-13-16-26(28(30)19-7-10-20(11-8-19)29(31)32)25-15-14-23-22-6-4-3-5-18(22)9-12-24(23)27(21)25/h3-11,14-15,17,21H,12-13,16H2,1-2H3. The minimum absolute atomic E-state index is 0.00117. The second-order valence-corrected chi connectivity index (χ2v) is 9.05. The molecule has 0 radical (unpaired) electrons. The lowest BCUT2D eigenvalue weighted by Gasteiger charge is -2.30. The Bertz CT molecular complexity index is 1470. The minimum atomic E-state index is -0.439. The molecule has 4 nitrogen and oxygen atoms in total. The summed E-state index contributed by atoms with van der Waals surface area (Å²) in [6.45, 7) is 4.52. The van der Waals surface area contributed by atoms with Crippen LogP contribution in [0.15, 0.2) is 60.7 Å². The van der Waals surface area contributed by atoms with E-state index in [2.05, 4.69) is 56.3 Å². The number of non-ortho nitro benzene ring substituents is 1.